The summed E-state index contributed by atoms with van der Waals surface area (Å²) in [6, 6.07) is 15.6. The zero-order valence-electron chi connectivity index (χ0n) is 12.4. The lowest BCUT2D eigenvalue weighted by Gasteiger charge is -2.11. The van der Waals surface area contributed by atoms with Crippen molar-refractivity contribution in [1.82, 2.24) is 0 Å². The van der Waals surface area contributed by atoms with Crippen LogP contribution in [0.2, 0.25) is 0 Å². The third kappa shape index (κ3) is 2.31. The Morgan fingerprint density at radius 3 is 2.50 bits per heavy atom. The van der Waals surface area contributed by atoms with Crippen LogP contribution in [0, 0.1) is 0 Å². The quantitative estimate of drug-likeness (QED) is 0.667. The summed E-state index contributed by atoms with van der Waals surface area (Å²) in [4.78, 5) is 0. The third-order valence-electron chi connectivity index (χ3n) is 4.22. The van der Waals surface area contributed by atoms with Crippen LogP contribution in [0.5, 0.6) is 0 Å². The molecule has 0 aliphatic heterocycles. The monoisotopic (exact) mass is 262 g/mol. The van der Waals surface area contributed by atoms with Crippen LogP contribution in [0.15, 0.2) is 48.0 Å². The fourth-order valence-corrected chi connectivity index (χ4v) is 3.25. The summed E-state index contributed by atoms with van der Waals surface area (Å²) in [5, 5.41) is 0. The molecule has 0 heteroatoms. The zero-order valence-corrected chi connectivity index (χ0v) is 12.4. The van der Waals surface area contributed by atoms with E-state index in [2.05, 4.69) is 62.4 Å². The van der Waals surface area contributed by atoms with E-state index in [1.807, 2.05) is 0 Å². The minimum atomic E-state index is 1.09. The molecule has 2 aromatic rings. The highest BCUT2D eigenvalue weighted by Crippen LogP contribution is 2.36. The number of benzene rings is 2. The molecule has 0 fully saturated rings. The van der Waals surface area contributed by atoms with E-state index in [0.29, 0.717) is 0 Å². The predicted octanol–water partition coefficient (Wildman–Crippen LogP) is 5.66. The van der Waals surface area contributed by atoms with E-state index in [4.69, 9.17) is 0 Å². The van der Waals surface area contributed by atoms with Gasteiger partial charge in [0.15, 0.2) is 0 Å². The van der Waals surface area contributed by atoms with E-state index >= 15 is 0 Å². The highest BCUT2D eigenvalue weighted by atomic mass is 14.2. The Morgan fingerprint density at radius 1 is 0.900 bits per heavy atom. The van der Waals surface area contributed by atoms with E-state index in [9.17, 15) is 0 Å². The molecule has 102 valence electrons. The Hall–Kier alpha value is -1.82. The molecular weight excluding hydrogens is 240 g/mol. The van der Waals surface area contributed by atoms with Gasteiger partial charge in [-0.25, -0.2) is 0 Å². The van der Waals surface area contributed by atoms with Gasteiger partial charge in [0.25, 0.3) is 0 Å². The van der Waals surface area contributed by atoms with Crippen LogP contribution in [0.1, 0.15) is 43.4 Å². The van der Waals surface area contributed by atoms with Gasteiger partial charge in [0.2, 0.25) is 0 Å². The molecule has 2 aromatic carbocycles. The van der Waals surface area contributed by atoms with Crippen LogP contribution in [-0.2, 0) is 12.8 Å². The van der Waals surface area contributed by atoms with Crippen molar-refractivity contribution in [2.75, 3.05) is 0 Å². The number of allylic oxidation sites excluding steroid dienone is 1. The molecule has 0 spiro atoms. The Kier molecular flexibility index (Phi) is 3.73. The molecule has 0 N–H and O–H groups in total. The van der Waals surface area contributed by atoms with Crippen molar-refractivity contribution < 1.29 is 0 Å². The number of fused-ring (bicyclic) bond motifs is 1. The lowest BCUT2D eigenvalue weighted by atomic mass is 9.93. The van der Waals surface area contributed by atoms with Gasteiger partial charge in [0, 0.05) is 0 Å². The van der Waals surface area contributed by atoms with Gasteiger partial charge in [0.1, 0.15) is 0 Å². The molecule has 0 heterocycles. The summed E-state index contributed by atoms with van der Waals surface area (Å²) in [6.45, 7) is 4.50. The molecule has 0 radical (unpaired) electrons. The van der Waals surface area contributed by atoms with E-state index in [1.165, 1.54) is 40.7 Å². The first-order valence-corrected chi connectivity index (χ1v) is 7.73. The Balaban J connectivity index is 2.11. The minimum Gasteiger partial charge on any atom is -0.0652 e. The molecule has 0 aromatic heterocycles. The highest BCUT2D eigenvalue weighted by molar-refractivity contribution is 5.82. The van der Waals surface area contributed by atoms with Gasteiger partial charge in [-0.1, -0.05) is 74.4 Å². The topological polar surface area (TPSA) is 0 Å². The van der Waals surface area contributed by atoms with Gasteiger partial charge in [-0.2, -0.15) is 0 Å². The molecular formula is C20H22. The number of rotatable bonds is 4. The maximum atomic E-state index is 2.43. The van der Waals surface area contributed by atoms with Gasteiger partial charge < -0.3 is 0 Å². The van der Waals surface area contributed by atoms with Crippen molar-refractivity contribution in [2.24, 2.45) is 0 Å². The SMILES string of the molecule is CCCC1=Cc2c(cccc2-c2ccccc2CC)C1. The van der Waals surface area contributed by atoms with E-state index in [-0.39, 0.29) is 0 Å². The van der Waals surface area contributed by atoms with Crippen molar-refractivity contribution in [3.8, 4) is 11.1 Å². The molecule has 1 aliphatic rings. The Labute approximate surface area is 122 Å². The number of hydrogen-bond acceptors (Lipinski definition) is 0. The lowest BCUT2D eigenvalue weighted by molar-refractivity contribution is 0.886. The average molecular weight is 262 g/mol. The van der Waals surface area contributed by atoms with E-state index < -0.39 is 0 Å². The summed E-state index contributed by atoms with van der Waals surface area (Å²) in [5.41, 5.74) is 8.79. The largest absolute Gasteiger partial charge is 0.0652 e. The third-order valence-corrected chi connectivity index (χ3v) is 4.22. The van der Waals surface area contributed by atoms with Crippen LogP contribution in [0.25, 0.3) is 17.2 Å². The summed E-state index contributed by atoms with van der Waals surface area (Å²) in [6.07, 6.45) is 7.13. The van der Waals surface area contributed by atoms with E-state index in [0.717, 1.165) is 12.8 Å². The lowest BCUT2D eigenvalue weighted by Crippen LogP contribution is -1.91. The Bertz CT molecular complexity index is 647. The maximum absolute atomic E-state index is 2.43. The van der Waals surface area contributed by atoms with Crippen LogP contribution < -0.4 is 0 Å². The standard InChI is InChI=1S/C20H22/c1-3-8-15-13-17-10-7-12-19(20(17)14-15)18-11-6-5-9-16(18)4-2/h5-7,9-12,14H,3-4,8,13H2,1-2H3. The predicted molar refractivity (Wildman–Crippen MR) is 87.8 cm³/mol. The van der Waals surface area contributed by atoms with E-state index in [1.54, 1.807) is 5.57 Å². The van der Waals surface area contributed by atoms with Crippen molar-refractivity contribution in [1.29, 1.82) is 0 Å². The second-order valence-electron chi connectivity index (χ2n) is 5.62. The molecule has 20 heavy (non-hydrogen) atoms. The second-order valence-corrected chi connectivity index (χ2v) is 5.62. The van der Waals surface area contributed by atoms with Crippen LogP contribution in [0.3, 0.4) is 0 Å². The second kappa shape index (κ2) is 5.66. The highest BCUT2D eigenvalue weighted by Gasteiger charge is 2.16. The molecule has 0 bridgehead atoms. The maximum Gasteiger partial charge on any atom is -0.00576 e. The van der Waals surface area contributed by atoms with Crippen molar-refractivity contribution >= 4 is 6.08 Å². The Morgan fingerprint density at radius 2 is 1.70 bits per heavy atom. The number of hydrogen-bond donors (Lipinski definition) is 0. The van der Waals surface area contributed by atoms with Gasteiger partial charge >= 0.3 is 0 Å². The summed E-state index contributed by atoms with van der Waals surface area (Å²) < 4.78 is 0. The van der Waals surface area contributed by atoms with Crippen LogP contribution in [-0.4, -0.2) is 0 Å². The van der Waals surface area contributed by atoms with Gasteiger partial charge in [-0.05, 0) is 47.1 Å². The van der Waals surface area contributed by atoms with Crippen molar-refractivity contribution in [2.45, 2.75) is 39.5 Å². The molecule has 1 aliphatic carbocycles. The van der Waals surface area contributed by atoms with Crippen LogP contribution in [0.4, 0.5) is 0 Å². The fraction of sp³-hybridized carbons (Fsp3) is 0.300. The van der Waals surface area contributed by atoms with Gasteiger partial charge in [0.05, 0.1) is 0 Å². The number of aryl methyl sites for hydroxylation is 1. The van der Waals surface area contributed by atoms with Gasteiger partial charge in [-0.15, -0.1) is 0 Å². The molecule has 0 saturated heterocycles. The molecule has 0 atom stereocenters. The first kappa shape index (κ1) is 13.2. The summed E-state index contributed by atoms with van der Waals surface area (Å²) in [7, 11) is 0. The molecule has 0 nitrogen and oxygen atoms in total. The van der Waals surface area contributed by atoms with Gasteiger partial charge in [-0.3, -0.25) is 0 Å². The minimum absolute atomic E-state index is 1.09. The average Bonchev–Trinajstić information content (AvgIpc) is 2.90. The first-order chi connectivity index (χ1) is 9.83. The molecule has 0 saturated carbocycles. The smallest absolute Gasteiger partial charge is 0.00576 e. The molecule has 0 unspecified atom stereocenters. The fourth-order valence-electron chi connectivity index (χ4n) is 3.25. The summed E-state index contributed by atoms with van der Waals surface area (Å²) in [5.74, 6) is 0. The van der Waals surface area contributed by atoms with Crippen LogP contribution >= 0.6 is 0 Å². The normalized spacial score (nSPS) is 13.2. The first-order valence-electron chi connectivity index (χ1n) is 7.73. The van der Waals surface area contributed by atoms with Crippen molar-refractivity contribution in [3.05, 3.63) is 64.7 Å². The molecule has 0 amide bonds. The summed E-state index contributed by atoms with van der Waals surface area (Å²) >= 11 is 0. The molecule has 3 rings (SSSR count). The zero-order chi connectivity index (χ0) is 13.9. The van der Waals surface area contributed by atoms with Crippen molar-refractivity contribution in [3.63, 3.8) is 0 Å².